The van der Waals surface area contributed by atoms with Gasteiger partial charge in [-0.15, -0.1) is 12.4 Å². The fourth-order valence-electron chi connectivity index (χ4n) is 1.74. The van der Waals surface area contributed by atoms with E-state index in [9.17, 15) is 0 Å². The van der Waals surface area contributed by atoms with Crippen molar-refractivity contribution in [1.82, 2.24) is 5.32 Å². The molecule has 0 amide bonds. The summed E-state index contributed by atoms with van der Waals surface area (Å²) in [5.74, 6) is 1.53. The van der Waals surface area contributed by atoms with Gasteiger partial charge in [-0.2, -0.15) is 0 Å². The normalized spacial score (nSPS) is 10.2. The van der Waals surface area contributed by atoms with Crippen LogP contribution in [0.2, 0.25) is 0 Å². The topological polar surface area (TPSA) is 39.7 Å². The van der Waals surface area contributed by atoms with Gasteiger partial charge in [-0.25, -0.2) is 0 Å². The molecular formula is C15H26ClNO3. The largest absolute Gasteiger partial charge is 0.493 e. The first-order chi connectivity index (χ1) is 9.17. The molecule has 0 fully saturated rings. The SMILES string of the molecule is COc1ccc(CNCCCOC(C)C)cc1OC.Cl. The molecule has 20 heavy (non-hydrogen) atoms. The molecule has 0 aliphatic rings. The maximum atomic E-state index is 5.48. The molecule has 0 bridgehead atoms. The zero-order chi connectivity index (χ0) is 14.1. The van der Waals surface area contributed by atoms with Crippen LogP contribution in [0.5, 0.6) is 11.5 Å². The molecule has 1 aromatic carbocycles. The Morgan fingerprint density at radius 3 is 2.40 bits per heavy atom. The van der Waals surface area contributed by atoms with E-state index >= 15 is 0 Å². The van der Waals surface area contributed by atoms with Gasteiger partial charge in [-0.3, -0.25) is 0 Å². The first-order valence-corrected chi connectivity index (χ1v) is 6.70. The van der Waals surface area contributed by atoms with E-state index in [1.54, 1.807) is 14.2 Å². The summed E-state index contributed by atoms with van der Waals surface area (Å²) in [5.41, 5.74) is 1.18. The van der Waals surface area contributed by atoms with Gasteiger partial charge < -0.3 is 19.5 Å². The number of nitrogens with one attached hydrogen (secondary N) is 1. The zero-order valence-corrected chi connectivity index (χ0v) is 13.6. The summed E-state index contributed by atoms with van der Waals surface area (Å²) >= 11 is 0. The van der Waals surface area contributed by atoms with Crippen LogP contribution >= 0.6 is 12.4 Å². The Morgan fingerprint density at radius 1 is 1.10 bits per heavy atom. The molecule has 1 aromatic rings. The van der Waals surface area contributed by atoms with Crippen LogP contribution in [0.1, 0.15) is 25.8 Å². The lowest BCUT2D eigenvalue weighted by molar-refractivity contribution is 0.0770. The van der Waals surface area contributed by atoms with Gasteiger partial charge in [0.05, 0.1) is 20.3 Å². The van der Waals surface area contributed by atoms with Crippen LogP contribution in [0.3, 0.4) is 0 Å². The van der Waals surface area contributed by atoms with E-state index in [1.165, 1.54) is 5.56 Å². The van der Waals surface area contributed by atoms with Gasteiger partial charge in [-0.1, -0.05) is 6.07 Å². The predicted octanol–water partition coefficient (Wildman–Crippen LogP) is 3.03. The summed E-state index contributed by atoms with van der Waals surface area (Å²) < 4.78 is 16.0. The monoisotopic (exact) mass is 303 g/mol. The minimum atomic E-state index is 0. The molecule has 0 spiro atoms. The molecule has 0 aliphatic carbocycles. The second-order valence-electron chi connectivity index (χ2n) is 4.64. The van der Waals surface area contributed by atoms with Gasteiger partial charge in [0.2, 0.25) is 0 Å². The Balaban J connectivity index is 0.00000361. The lowest BCUT2D eigenvalue weighted by Gasteiger charge is -2.11. The van der Waals surface area contributed by atoms with Crippen LogP contribution in [0, 0.1) is 0 Å². The van der Waals surface area contributed by atoms with Crippen molar-refractivity contribution in [3.63, 3.8) is 0 Å². The number of rotatable bonds is 9. The highest BCUT2D eigenvalue weighted by atomic mass is 35.5. The Bertz CT molecular complexity index is 372. The van der Waals surface area contributed by atoms with Crippen LogP contribution in [-0.4, -0.2) is 33.5 Å². The smallest absolute Gasteiger partial charge is 0.161 e. The van der Waals surface area contributed by atoms with Crippen molar-refractivity contribution in [3.05, 3.63) is 23.8 Å². The van der Waals surface area contributed by atoms with Gasteiger partial charge in [0, 0.05) is 13.2 Å². The molecule has 5 heteroatoms. The molecule has 0 heterocycles. The highest BCUT2D eigenvalue weighted by molar-refractivity contribution is 5.85. The van der Waals surface area contributed by atoms with Crippen molar-refractivity contribution in [2.45, 2.75) is 32.9 Å². The maximum absolute atomic E-state index is 5.48. The third kappa shape index (κ3) is 6.98. The number of hydrogen-bond donors (Lipinski definition) is 1. The minimum Gasteiger partial charge on any atom is -0.493 e. The second kappa shape index (κ2) is 10.8. The Morgan fingerprint density at radius 2 is 1.80 bits per heavy atom. The van der Waals surface area contributed by atoms with Crippen LogP contribution < -0.4 is 14.8 Å². The van der Waals surface area contributed by atoms with Crippen molar-refractivity contribution in [2.75, 3.05) is 27.4 Å². The van der Waals surface area contributed by atoms with Crippen molar-refractivity contribution < 1.29 is 14.2 Å². The molecule has 0 aromatic heterocycles. The van der Waals surface area contributed by atoms with E-state index in [2.05, 4.69) is 19.2 Å². The number of methoxy groups -OCH3 is 2. The van der Waals surface area contributed by atoms with Gasteiger partial charge in [0.1, 0.15) is 0 Å². The molecule has 0 atom stereocenters. The molecule has 0 saturated heterocycles. The standard InChI is InChI=1S/C15H25NO3.ClH/c1-12(2)19-9-5-8-16-11-13-6-7-14(17-3)15(10-13)18-4;/h6-7,10,12,16H,5,8-9,11H2,1-4H3;1H. The van der Waals surface area contributed by atoms with E-state index in [1.807, 2.05) is 18.2 Å². The van der Waals surface area contributed by atoms with Crippen molar-refractivity contribution in [3.8, 4) is 11.5 Å². The van der Waals surface area contributed by atoms with Crippen LogP contribution in [0.4, 0.5) is 0 Å². The third-order valence-electron chi connectivity index (χ3n) is 2.73. The molecule has 1 rings (SSSR count). The fraction of sp³-hybridized carbons (Fsp3) is 0.600. The van der Waals surface area contributed by atoms with Crippen molar-refractivity contribution in [2.24, 2.45) is 0 Å². The molecule has 1 N–H and O–H groups in total. The number of ether oxygens (including phenoxy) is 3. The Hall–Kier alpha value is -0.970. The van der Waals surface area contributed by atoms with E-state index in [4.69, 9.17) is 14.2 Å². The molecule has 4 nitrogen and oxygen atoms in total. The van der Waals surface area contributed by atoms with E-state index in [0.717, 1.165) is 37.6 Å². The first-order valence-electron chi connectivity index (χ1n) is 6.70. The predicted molar refractivity (Wildman–Crippen MR) is 84.2 cm³/mol. The summed E-state index contributed by atoms with van der Waals surface area (Å²) in [6.45, 7) is 6.67. The molecule has 0 saturated carbocycles. The minimum absolute atomic E-state index is 0. The molecule has 116 valence electrons. The summed E-state index contributed by atoms with van der Waals surface area (Å²) in [4.78, 5) is 0. The summed E-state index contributed by atoms with van der Waals surface area (Å²) in [5, 5.41) is 3.39. The molecule has 0 radical (unpaired) electrons. The summed E-state index contributed by atoms with van der Waals surface area (Å²) in [6, 6.07) is 5.97. The average molecular weight is 304 g/mol. The highest BCUT2D eigenvalue weighted by Gasteiger charge is 2.04. The zero-order valence-electron chi connectivity index (χ0n) is 12.8. The number of benzene rings is 1. The van der Waals surface area contributed by atoms with Gasteiger partial charge in [0.15, 0.2) is 11.5 Å². The average Bonchev–Trinajstić information content (AvgIpc) is 2.42. The lowest BCUT2D eigenvalue weighted by Crippen LogP contribution is -2.17. The number of halogens is 1. The Kier molecular flexibility index (Phi) is 10.3. The quantitative estimate of drug-likeness (QED) is 0.712. The Labute approximate surface area is 128 Å². The maximum Gasteiger partial charge on any atom is 0.161 e. The van der Waals surface area contributed by atoms with Crippen LogP contribution in [0.25, 0.3) is 0 Å². The fourth-order valence-corrected chi connectivity index (χ4v) is 1.74. The first kappa shape index (κ1) is 19.0. The van der Waals surface area contributed by atoms with Crippen molar-refractivity contribution in [1.29, 1.82) is 0 Å². The van der Waals surface area contributed by atoms with Gasteiger partial charge >= 0.3 is 0 Å². The van der Waals surface area contributed by atoms with Crippen molar-refractivity contribution >= 4 is 12.4 Å². The summed E-state index contributed by atoms with van der Waals surface area (Å²) in [7, 11) is 3.29. The summed E-state index contributed by atoms with van der Waals surface area (Å²) in [6.07, 6.45) is 1.33. The van der Waals surface area contributed by atoms with Gasteiger partial charge in [-0.05, 0) is 44.5 Å². The highest BCUT2D eigenvalue weighted by Crippen LogP contribution is 2.27. The number of hydrogen-bond acceptors (Lipinski definition) is 4. The van der Waals surface area contributed by atoms with E-state index < -0.39 is 0 Å². The lowest BCUT2D eigenvalue weighted by atomic mass is 10.2. The van der Waals surface area contributed by atoms with Gasteiger partial charge in [0.25, 0.3) is 0 Å². The van der Waals surface area contributed by atoms with E-state index in [0.29, 0.717) is 6.10 Å². The second-order valence-corrected chi connectivity index (χ2v) is 4.64. The molecule has 0 unspecified atom stereocenters. The molecule has 0 aliphatic heterocycles. The van der Waals surface area contributed by atoms with E-state index in [-0.39, 0.29) is 12.4 Å². The van der Waals surface area contributed by atoms with Crippen LogP contribution in [-0.2, 0) is 11.3 Å². The third-order valence-corrected chi connectivity index (χ3v) is 2.73. The van der Waals surface area contributed by atoms with Crippen LogP contribution in [0.15, 0.2) is 18.2 Å². The molecular weight excluding hydrogens is 278 g/mol.